The molecule has 0 rings (SSSR count). The molecule has 0 amide bonds. The molecule has 0 radical (unpaired) electrons. The molecular formula is C8H12F3IO. The van der Waals surface area contributed by atoms with Crippen LogP contribution in [0.1, 0.15) is 20.8 Å². The van der Waals surface area contributed by atoms with Crippen LogP contribution in [-0.4, -0.2) is 16.9 Å². The fourth-order valence-corrected chi connectivity index (χ4v) is 1.14. The smallest absolute Gasteiger partial charge is 0.386 e. The third kappa shape index (κ3) is 4.30. The summed E-state index contributed by atoms with van der Waals surface area (Å²) in [7, 11) is 0. The first-order chi connectivity index (χ1) is 5.57. The monoisotopic (exact) mass is 308 g/mol. The summed E-state index contributed by atoms with van der Waals surface area (Å²) in [5, 5.41) is 9.54. The Morgan fingerprint density at radius 3 is 2.00 bits per heavy atom. The van der Waals surface area contributed by atoms with Crippen molar-refractivity contribution in [2.24, 2.45) is 5.92 Å². The molecule has 0 spiro atoms. The second-order valence-corrected chi connectivity index (χ2v) is 4.53. The second kappa shape index (κ2) is 4.16. The fraction of sp³-hybridized carbons (Fsp3) is 0.750. The van der Waals surface area contributed by atoms with Gasteiger partial charge in [-0.2, -0.15) is 13.2 Å². The van der Waals surface area contributed by atoms with Crippen molar-refractivity contribution < 1.29 is 18.3 Å². The van der Waals surface area contributed by atoms with E-state index in [2.05, 4.69) is 0 Å². The van der Waals surface area contributed by atoms with Gasteiger partial charge in [0.1, 0.15) is 0 Å². The van der Waals surface area contributed by atoms with Crippen molar-refractivity contribution in [2.75, 3.05) is 0 Å². The molecule has 0 heterocycles. The van der Waals surface area contributed by atoms with Crippen LogP contribution in [0.15, 0.2) is 9.66 Å². The zero-order valence-corrected chi connectivity index (χ0v) is 9.77. The predicted molar refractivity (Wildman–Crippen MR) is 53.6 cm³/mol. The average Bonchev–Trinajstić information content (AvgIpc) is 1.83. The Labute approximate surface area is 89.2 Å². The highest BCUT2D eigenvalue weighted by molar-refractivity contribution is 14.1. The van der Waals surface area contributed by atoms with Crippen LogP contribution in [-0.2, 0) is 0 Å². The maximum absolute atomic E-state index is 12.1. The molecule has 78 valence electrons. The van der Waals surface area contributed by atoms with Crippen molar-refractivity contribution in [3.63, 3.8) is 0 Å². The lowest BCUT2D eigenvalue weighted by molar-refractivity contribution is -0.0837. The molecule has 0 aliphatic rings. The van der Waals surface area contributed by atoms with Gasteiger partial charge in [-0.05, 0) is 41.5 Å². The third-order valence-electron chi connectivity index (χ3n) is 1.86. The van der Waals surface area contributed by atoms with Crippen LogP contribution in [0.2, 0.25) is 0 Å². The van der Waals surface area contributed by atoms with Gasteiger partial charge in [0.25, 0.3) is 0 Å². The van der Waals surface area contributed by atoms with Crippen LogP contribution < -0.4 is 0 Å². The highest BCUT2D eigenvalue weighted by Crippen LogP contribution is 2.33. The van der Waals surface area contributed by atoms with Gasteiger partial charge in [0.2, 0.25) is 0 Å². The molecule has 1 nitrogen and oxygen atoms in total. The average molecular weight is 308 g/mol. The summed E-state index contributed by atoms with van der Waals surface area (Å²) in [6.07, 6.45) is -3.52. The van der Waals surface area contributed by atoms with Crippen LogP contribution >= 0.6 is 22.6 Å². The Kier molecular flexibility index (Phi) is 4.23. The van der Waals surface area contributed by atoms with Crippen molar-refractivity contribution in [1.82, 2.24) is 0 Å². The molecule has 0 aliphatic carbocycles. The number of rotatable bonds is 2. The lowest BCUT2D eigenvalue weighted by Crippen LogP contribution is -2.29. The summed E-state index contributed by atoms with van der Waals surface area (Å²) >= 11 is 1.18. The zero-order valence-electron chi connectivity index (χ0n) is 7.61. The van der Waals surface area contributed by atoms with E-state index in [1.54, 1.807) is 13.8 Å². The summed E-state index contributed by atoms with van der Waals surface area (Å²) in [5.74, 6) is -0.250. The molecule has 1 atom stereocenters. The molecular weight excluding hydrogens is 296 g/mol. The van der Waals surface area contributed by atoms with E-state index in [4.69, 9.17) is 0 Å². The molecule has 13 heavy (non-hydrogen) atoms. The van der Waals surface area contributed by atoms with Gasteiger partial charge >= 0.3 is 6.18 Å². The summed E-state index contributed by atoms with van der Waals surface area (Å²) < 4.78 is 35.4. The molecule has 1 N–H and O–H groups in total. The minimum Gasteiger partial charge on any atom is -0.386 e. The Morgan fingerprint density at radius 1 is 1.38 bits per heavy atom. The first-order valence-corrected chi connectivity index (χ1v) is 4.83. The SMILES string of the molecule is CC(C)C(C)(O)/C=C(\I)C(F)(F)F. The van der Waals surface area contributed by atoms with Crippen molar-refractivity contribution in [3.8, 4) is 0 Å². The van der Waals surface area contributed by atoms with Crippen molar-refractivity contribution in [1.29, 1.82) is 0 Å². The largest absolute Gasteiger partial charge is 0.421 e. The Hall–Kier alpha value is 0.220. The van der Waals surface area contributed by atoms with Crippen LogP contribution in [0.3, 0.4) is 0 Å². The third-order valence-corrected chi connectivity index (χ3v) is 2.78. The molecule has 0 aliphatic heterocycles. The Morgan fingerprint density at radius 2 is 1.77 bits per heavy atom. The fourth-order valence-electron chi connectivity index (χ4n) is 0.505. The number of hydrogen-bond acceptors (Lipinski definition) is 1. The normalized spacial score (nSPS) is 19.0. The molecule has 0 aromatic carbocycles. The van der Waals surface area contributed by atoms with E-state index in [0.717, 1.165) is 6.08 Å². The van der Waals surface area contributed by atoms with Crippen LogP contribution in [0.5, 0.6) is 0 Å². The lowest BCUT2D eigenvalue weighted by Gasteiger charge is -2.24. The summed E-state index contributed by atoms with van der Waals surface area (Å²) in [5.41, 5.74) is -1.41. The van der Waals surface area contributed by atoms with Crippen molar-refractivity contribution in [2.45, 2.75) is 32.5 Å². The Bertz CT molecular complexity index is 206. The van der Waals surface area contributed by atoms with E-state index in [9.17, 15) is 18.3 Å². The first-order valence-electron chi connectivity index (χ1n) is 3.75. The number of alkyl halides is 3. The molecule has 0 aromatic heterocycles. The first kappa shape index (κ1) is 13.2. The van der Waals surface area contributed by atoms with Crippen LogP contribution in [0.25, 0.3) is 0 Å². The quantitative estimate of drug-likeness (QED) is 0.776. The highest BCUT2D eigenvalue weighted by Gasteiger charge is 2.35. The van der Waals surface area contributed by atoms with E-state index >= 15 is 0 Å². The molecule has 5 heteroatoms. The molecule has 0 saturated carbocycles. The second-order valence-electron chi connectivity index (χ2n) is 3.37. The van der Waals surface area contributed by atoms with E-state index in [-0.39, 0.29) is 5.92 Å². The standard InChI is InChI=1S/C8H12F3IO/c1-5(2)7(3,13)4-6(12)8(9,10)11/h4-5,13H,1-3H3/b6-4-. The zero-order chi connectivity index (χ0) is 10.9. The number of halogens is 4. The van der Waals surface area contributed by atoms with E-state index < -0.39 is 15.4 Å². The number of aliphatic hydroxyl groups is 1. The van der Waals surface area contributed by atoms with Crippen molar-refractivity contribution in [3.05, 3.63) is 9.66 Å². The maximum Gasteiger partial charge on any atom is 0.421 e. The summed E-state index contributed by atoms with van der Waals surface area (Å²) in [6, 6.07) is 0. The molecule has 0 fully saturated rings. The summed E-state index contributed by atoms with van der Waals surface area (Å²) in [6.45, 7) is 4.69. The number of hydrogen-bond donors (Lipinski definition) is 1. The highest BCUT2D eigenvalue weighted by atomic mass is 127. The molecule has 0 saturated heterocycles. The van der Waals surface area contributed by atoms with Gasteiger partial charge in [0.05, 0.1) is 9.18 Å². The minimum atomic E-state index is -4.36. The van der Waals surface area contributed by atoms with Gasteiger partial charge in [-0.3, -0.25) is 0 Å². The number of allylic oxidation sites excluding steroid dienone is 1. The predicted octanol–water partition coefficient (Wildman–Crippen LogP) is 3.27. The molecule has 0 aromatic rings. The van der Waals surface area contributed by atoms with Gasteiger partial charge in [-0.1, -0.05) is 13.8 Å². The molecule has 1 unspecified atom stereocenters. The van der Waals surface area contributed by atoms with Gasteiger partial charge < -0.3 is 5.11 Å². The topological polar surface area (TPSA) is 20.2 Å². The van der Waals surface area contributed by atoms with Crippen molar-refractivity contribution >= 4 is 22.6 Å². The maximum atomic E-state index is 12.1. The minimum absolute atomic E-state index is 0.250. The van der Waals surface area contributed by atoms with E-state index in [1.165, 1.54) is 29.5 Å². The van der Waals surface area contributed by atoms with E-state index in [0.29, 0.717) is 0 Å². The molecule has 0 bridgehead atoms. The van der Waals surface area contributed by atoms with E-state index in [1.807, 2.05) is 0 Å². The summed E-state index contributed by atoms with van der Waals surface area (Å²) in [4.78, 5) is 0. The van der Waals surface area contributed by atoms with Crippen LogP contribution in [0.4, 0.5) is 13.2 Å². The van der Waals surface area contributed by atoms with Gasteiger partial charge in [-0.15, -0.1) is 0 Å². The van der Waals surface area contributed by atoms with Crippen LogP contribution in [0, 0.1) is 5.92 Å². The van der Waals surface area contributed by atoms with Gasteiger partial charge in [0.15, 0.2) is 0 Å². The Balaban J connectivity index is 4.75. The van der Waals surface area contributed by atoms with Gasteiger partial charge in [0, 0.05) is 0 Å². The van der Waals surface area contributed by atoms with Gasteiger partial charge in [-0.25, -0.2) is 0 Å². The lowest BCUT2D eigenvalue weighted by atomic mass is 9.92.